The van der Waals surface area contributed by atoms with Gasteiger partial charge in [0.15, 0.2) is 4.80 Å². The maximum atomic E-state index is 14.2. The molecule has 43 heavy (non-hydrogen) atoms. The molecule has 0 unspecified atom stereocenters. The SMILES string of the molecule is CCCC1=C(C(=O)OCC)[C@H](c2cccc(OC)c2)n2c(s/c(=C/c3cc([N+](=O)[O-])ccc3N3CCC(C)CC3)c2=O)=N1. The lowest BCUT2D eigenvalue weighted by atomic mass is 9.94. The summed E-state index contributed by atoms with van der Waals surface area (Å²) >= 11 is 1.21. The number of piperidine rings is 1. The number of nitrogens with zero attached hydrogens (tertiary/aromatic N) is 4. The van der Waals surface area contributed by atoms with Crippen molar-refractivity contribution in [3.63, 3.8) is 0 Å². The smallest absolute Gasteiger partial charge is 0.338 e. The van der Waals surface area contributed by atoms with E-state index in [4.69, 9.17) is 14.5 Å². The summed E-state index contributed by atoms with van der Waals surface area (Å²) in [7, 11) is 1.56. The Morgan fingerprint density at radius 2 is 1.95 bits per heavy atom. The third-order valence-corrected chi connectivity index (χ3v) is 8.92. The van der Waals surface area contributed by atoms with Crippen LogP contribution in [0.4, 0.5) is 11.4 Å². The predicted molar refractivity (Wildman–Crippen MR) is 166 cm³/mol. The van der Waals surface area contributed by atoms with Crippen LogP contribution < -0.4 is 24.5 Å². The number of esters is 1. The van der Waals surface area contributed by atoms with Crippen molar-refractivity contribution in [2.24, 2.45) is 10.9 Å². The van der Waals surface area contributed by atoms with Gasteiger partial charge >= 0.3 is 5.97 Å². The number of hydrogen-bond acceptors (Lipinski definition) is 9. The van der Waals surface area contributed by atoms with E-state index in [0.717, 1.165) is 38.0 Å². The van der Waals surface area contributed by atoms with Gasteiger partial charge in [-0.05, 0) is 61.9 Å². The lowest BCUT2D eigenvalue weighted by Gasteiger charge is -2.33. The molecule has 0 radical (unpaired) electrons. The van der Waals surface area contributed by atoms with Crippen molar-refractivity contribution in [1.82, 2.24) is 4.57 Å². The topological polar surface area (TPSA) is 116 Å². The Bertz CT molecular complexity index is 1750. The number of thiazole rings is 1. The third kappa shape index (κ3) is 6.13. The van der Waals surface area contributed by atoms with E-state index < -0.39 is 16.9 Å². The minimum absolute atomic E-state index is 0.0442. The highest BCUT2D eigenvalue weighted by Crippen LogP contribution is 2.34. The Morgan fingerprint density at radius 1 is 1.19 bits per heavy atom. The molecular formula is C32H36N4O6S. The molecule has 0 saturated carbocycles. The molecule has 1 saturated heterocycles. The molecule has 2 aromatic carbocycles. The van der Waals surface area contributed by atoms with E-state index in [9.17, 15) is 19.7 Å². The molecule has 2 aliphatic heterocycles. The molecule has 11 heteroatoms. The van der Waals surface area contributed by atoms with E-state index in [-0.39, 0.29) is 17.9 Å². The van der Waals surface area contributed by atoms with Crippen molar-refractivity contribution in [2.45, 2.75) is 52.5 Å². The third-order valence-electron chi connectivity index (χ3n) is 7.93. The van der Waals surface area contributed by atoms with Crippen molar-refractivity contribution < 1.29 is 19.2 Å². The van der Waals surface area contributed by atoms with Gasteiger partial charge in [0.05, 0.1) is 40.5 Å². The summed E-state index contributed by atoms with van der Waals surface area (Å²) in [5.41, 5.74) is 2.68. The fraction of sp³-hybridized carbons (Fsp3) is 0.406. The predicted octanol–water partition coefficient (Wildman–Crippen LogP) is 4.73. The van der Waals surface area contributed by atoms with Crippen LogP contribution in [0.5, 0.6) is 5.75 Å². The molecule has 1 aromatic heterocycles. The number of fused-ring (bicyclic) bond motifs is 1. The molecule has 1 atom stereocenters. The number of ether oxygens (including phenoxy) is 2. The van der Waals surface area contributed by atoms with E-state index in [2.05, 4.69) is 11.8 Å². The zero-order valence-corrected chi connectivity index (χ0v) is 25.7. The maximum Gasteiger partial charge on any atom is 0.338 e. The van der Waals surface area contributed by atoms with Gasteiger partial charge in [0.25, 0.3) is 11.2 Å². The van der Waals surface area contributed by atoms with Gasteiger partial charge in [-0.25, -0.2) is 9.79 Å². The van der Waals surface area contributed by atoms with Crippen LogP contribution in [-0.4, -0.2) is 42.3 Å². The Kier molecular flexibility index (Phi) is 9.10. The second-order valence-electron chi connectivity index (χ2n) is 10.9. The molecule has 226 valence electrons. The van der Waals surface area contributed by atoms with Crippen molar-refractivity contribution >= 4 is 34.8 Å². The van der Waals surface area contributed by atoms with Crippen LogP contribution in [0.25, 0.3) is 6.08 Å². The van der Waals surface area contributed by atoms with Crippen LogP contribution in [0.2, 0.25) is 0 Å². The minimum Gasteiger partial charge on any atom is -0.497 e. The molecule has 0 spiro atoms. The summed E-state index contributed by atoms with van der Waals surface area (Å²) in [6.45, 7) is 7.83. The number of nitro groups is 1. The number of carbonyl (C=O) groups is 1. The van der Waals surface area contributed by atoms with Gasteiger partial charge in [-0.2, -0.15) is 0 Å². The highest BCUT2D eigenvalue weighted by atomic mass is 32.1. The van der Waals surface area contributed by atoms with Gasteiger partial charge in [0.2, 0.25) is 0 Å². The van der Waals surface area contributed by atoms with Crippen LogP contribution in [-0.2, 0) is 9.53 Å². The molecule has 2 aliphatic rings. The van der Waals surface area contributed by atoms with E-state index in [1.165, 1.54) is 28.0 Å². The number of aromatic nitrogens is 1. The molecule has 1 fully saturated rings. The molecule has 3 aromatic rings. The monoisotopic (exact) mass is 604 g/mol. The number of benzene rings is 2. The standard InChI is InChI=1S/C32H36N4O6S/c1-5-8-25-28(31(38)42-6-2)29(21-9-7-10-24(18-21)41-4)35-30(37)27(43-32(35)33-25)19-22-17-23(36(39)40)11-12-26(22)34-15-13-20(3)14-16-34/h7,9-12,17-20,29H,5-6,8,13-16H2,1-4H3/b27-19+/t29-/m0/s1. The zero-order chi connectivity index (χ0) is 30.7. The minimum atomic E-state index is -0.776. The zero-order valence-electron chi connectivity index (χ0n) is 24.9. The van der Waals surface area contributed by atoms with Crippen LogP contribution in [0.15, 0.2) is 63.5 Å². The number of carbonyl (C=O) groups excluding carboxylic acids is 1. The van der Waals surface area contributed by atoms with Crippen LogP contribution >= 0.6 is 11.3 Å². The van der Waals surface area contributed by atoms with Gasteiger partial charge in [0, 0.05) is 36.5 Å². The van der Waals surface area contributed by atoms with E-state index in [1.807, 2.05) is 25.1 Å². The molecule has 0 N–H and O–H groups in total. The maximum absolute atomic E-state index is 14.2. The van der Waals surface area contributed by atoms with Crippen molar-refractivity contribution in [2.75, 3.05) is 31.7 Å². The summed E-state index contributed by atoms with van der Waals surface area (Å²) in [5, 5.41) is 11.7. The van der Waals surface area contributed by atoms with Gasteiger partial charge in [0.1, 0.15) is 5.75 Å². The first-order chi connectivity index (χ1) is 20.7. The fourth-order valence-corrected chi connectivity index (χ4v) is 6.71. The molecule has 3 heterocycles. The lowest BCUT2D eigenvalue weighted by molar-refractivity contribution is -0.384. The first-order valence-electron chi connectivity index (χ1n) is 14.6. The molecular weight excluding hydrogens is 568 g/mol. The fourth-order valence-electron chi connectivity index (χ4n) is 5.70. The van der Waals surface area contributed by atoms with E-state index >= 15 is 0 Å². The highest BCUT2D eigenvalue weighted by Gasteiger charge is 2.34. The van der Waals surface area contributed by atoms with Crippen molar-refractivity contribution in [1.29, 1.82) is 0 Å². The first-order valence-corrected chi connectivity index (χ1v) is 15.5. The molecule has 0 amide bonds. The number of rotatable bonds is 9. The van der Waals surface area contributed by atoms with Crippen molar-refractivity contribution in [3.05, 3.63) is 94.7 Å². The molecule has 0 aliphatic carbocycles. The number of anilines is 1. The molecule has 10 nitrogen and oxygen atoms in total. The summed E-state index contributed by atoms with van der Waals surface area (Å²) in [6.07, 6.45) is 5.04. The normalized spacial score (nSPS) is 17.4. The highest BCUT2D eigenvalue weighted by molar-refractivity contribution is 7.07. The summed E-state index contributed by atoms with van der Waals surface area (Å²) in [6, 6.07) is 11.3. The Hall–Kier alpha value is -4.25. The molecule has 5 rings (SSSR count). The number of nitro benzene ring substituents is 1. The van der Waals surface area contributed by atoms with Gasteiger partial charge in [-0.1, -0.05) is 43.7 Å². The Labute approximate surface area is 253 Å². The quantitative estimate of drug-likeness (QED) is 0.197. The number of hydrogen-bond donors (Lipinski definition) is 0. The summed E-state index contributed by atoms with van der Waals surface area (Å²) in [4.78, 5) is 46.4. The molecule has 0 bridgehead atoms. The largest absolute Gasteiger partial charge is 0.497 e. The van der Waals surface area contributed by atoms with Gasteiger partial charge < -0.3 is 14.4 Å². The number of methoxy groups -OCH3 is 1. The Morgan fingerprint density at radius 3 is 2.63 bits per heavy atom. The van der Waals surface area contributed by atoms with Crippen LogP contribution in [0.1, 0.15) is 63.6 Å². The van der Waals surface area contributed by atoms with E-state index in [0.29, 0.717) is 49.8 Å². The van der Waals surface area contributed by atoms with Crippen LogP contribution in [0.3, 0.4) is 0 Å². The van der Waals surface area contributed by atoms with Gasteiger partial charge in [-0.15, -0.1) is 0 Å². The average Bonchev–Trinajstić information content (AvgIpc) is 3.31. The second kappa shape index (κ2) is 12.9. The van der Waals surface area contributed by atoms with E-state index in [1.54, 1.807) is 32.2 Å². The lowest BCUT2D eigenvalue weighted by Crippen LogP contribution is -2.40. The second-order valence-corrected chi connectivity index (χ2v) is 11.9. The average molecular weight is 605 g/mol. The van der Waals surface area contributed by atoms with Gasteiger partial charge in [-0.3, -0.25) is 19.5 Å². The van der Waals surface area contributed by atoms with Crippen molar-refractivity contribution in [3.8, 4) is 5.75 Å². The first kappa shape index (κ1) is 30.2. The Balaban J connectivity index is 1.74. The van der Waals surface area contributed by atoms with Crippen LogP contribution in [0, 0.1) is 16.0 Å². The number of non-ortho nitro benzene ring substituents is 1. The number of allylic oxidation sites excluding steroid dienone is 1. The summed E-state index contributed by atoms with van der Waals surface area (Å²) < 4.78 is 12.9. The summed E-state index contributed by atoms with van der Waals surface area (Å²) in [5.74, 6) is 0.690.